The number of ether oxygens (including phenoxy) is 2. The fourth-order valence-electron chi connectivity index (χ4n) is 3.91. The fourth-order valence-corrected chi connectivity index (χ4v) is 4.86. The van der Waals surface area contributed by atoms with E-state index in [-0.39, 0.29) is 5.91 Å². The molecule has 0 aliphatic heterocycles. The molecule has 7 heteroatoms. The first-order valence-corrected chi connectivity index (χ1v) is 12.6. The number of amides is 1. The second kappa shape index (κ2) is 14.6. The summed E-state index contributed by atoms with van der Waals surface area (Å²) in [7, 11) is 1.64. The fraction of sp³-hybridized carbons (Fsp3) is 0.560. The monoisotopic (exact) mass is 526 g/mol. The van der Waals surface area contributed by atoms with Crippen LogP contribution in [0.25, 0.3) is 0 Å². The zero-order chi connectivity index (χ0) is 23.3. The first kappa shape index (κ1) is 26.7. The Morgan fingerprint density at radius 3 is 2.62 bits per heavy atom. The Balaban J connectivity index is 2.01. The van der Waals surface area contributed by atoms with Crippen molar-refractivity contribution in [2.45, 2.75) is 58.9 Å². The van der Waals surface area contributed by atoms with Crippen LogP contribution in [0.2, 0.25) is 5.02 Å². The van der Waals surface area contributed by atoms with Crippen LogP contribution in [0.1, 0.15) is 57.9 Å². The number of carbonyl (C=O) groups excluding carboxylic acids is 1. The second-order valence-electron chi connectivity index (χ2n) is 8.18. The summed E-state index contributed by atoms with van der Waals surface area (Å²) in [5.41, 5.74) is 2.08. The molecular formula is C25H36BrClN2O3. The van der Waals surface area contributed by atoms with Gasteiger partial charge in [-0.05, 0) is 30.9 Å². The van der Waals surface area contributed by atoms with Gasteiger partial charge in [0, 0.05) is 42.7 Å². The van der Waals surface area contributed by atoms with Gasteiger partial charge < -0.3 is 20.1 Å². The van der Waals surface area contributed by atoms with Gasteiger partial charge in [-0.25, -0.2) is 0 Å². The van der Waals surface area contributed by atoms with Crippen LogP contribution in [0.5, 0.6) is 11.5 Å². The number of halogens is 2. The van der Waals surface area contributed by atoms with Crippen molar-refractivity contribution in [3.63, 3.8) is 0 Å². The number of carbonyl (C=O) groups is 1. The third-order valence-corrected chi connectivity index (χ3v) is 6.75. The van der Waals surface area contributed by atoms with Gasteiger partial charge in [0.2, 0.25) is 5.91 Å². The van der Waals surface area contributed by atoms with Gasteiger partial charge in [0.25, 0.3) is 0 Å². The molecule has 0 spiro atoms. The largest absolute Gasteiger partial charge is 0.496 e. The maximum atomic E-state index is 11.0. The molecule has 1 amide bonds. The summed E-state index contributed by atoms with van der Waals surface area (Å²) in [6.07, 6.45) is 11.9. The molecule has 178 valence electrons. The summed E-state index contributed by atoms with van der Waals surface area (Å²) in [5.74, 6) is 2.03. The van der Waals surface area contributed by atoms with E-state index in [1.54, 1.807) is 7.11 Å². The van der Waals surface area contributed by atoms with Crippen LogP contribution in [0.3, 0.4) is 0 Å². The molecule has 2 N–H and O–H groups in total. The van der Waals surface area contributed by atoms with E-state index < -0.39 is 0 Å². The van der Waals surface area contributed by atoms with E-state index in [0.29, 0.717) is 42.8 Å². The van der Waals surface area contributed by atoms with Crippen molar-refractivity contribution in [3.05, 3.63) is 44.9 Å². The topological polar surface area (TPSA) is 59.6 Å². The lowest BCUT2D eigenvalue weighted by molar-refractivity contribution is -0.118. The zero-order valence-corrected chi connectivity index (χ0v) is 21.8. The molecule has 0 radical (unpaired) electrons. The number of allylic oxidation sites excluding steroid dienone is 2. The summed E-state index contributed by atoms with van der Waals surface area (Å²) >= 11 is 10.3. The molecular weight excluding hydrogens is 492 g/mol. The van der Waals surface area contributed by atoms with Gasteiger partial charge in [-0.3, -0.25) is 4.79 Å². The molecule has 32 heavy (non-hydrogen) atoms. The lowest BCUT2D eigenvalue weighted by Crippen LogP contribution is -2.29. The van der Waals surface area contributed by atoms with E-state index >= 15 is 0 Å². The van der Waals surface area contributed by atoms with Crippen LogP contribution in [-0.2, 0) is 11.3 Å². The number of hydrogen-bond donors (Lipinski definition) is 2. The zero-order valence-electron chi connectivity index (χ0n) is 19.4. The van der Waals surface area contributed by atoms with Crippen LogP contribution in [0.4, 0.5) is 0 Å². The van der Waals surface area contributed by atoms with Crippen LogP contribution in [-0.4, -0.2) is 32.7 Å². The van der Waals surface area contributed by atoms with E-state index in [1.807, 2.05) is 25.1 Å². The molecule has 1 aromatic rings. The number of rotatable bonds is 12. The molecule has 0 unspecified atom stereocenters. The van der Waals surface area contributed by atoms with Crippen LogP contribution >= 0.6 is 27.5 Å². The summed E-state index contributed by atoms with van der Waals surface area (Å²) in [5, 5.41) is 6.59. The van der Waals surface area contributed by atoms with Crippen molar-refractivity contribution in [1.29, 1.82) is 0 Å². The maximum absolute atomic E-state index is 11.0. The van der Waals surface area contributed by atoms with Gasteiger partial charge in [-0.1, -0.05) is 71.8 Å². The predicted octanol–water partition coefficient (Wildman–Crippen LogP) is 6.15. The Morgan fingerprint density at radius 2 is 1.97 bits per heavy atom. The van der Waals surface area contributed by atoms with Crippen LogP contribution in [0, 0.1) is 5.92 Å². The van der Waals surface area contributed by atoms with Crippen molar-refractivity contribution >= 4 is 33.4 Å². The molecule has 0 atom stereocenters. The van der Waals surface area contributed by atoms with Gasteiger partial charge in [-0.2, -0.15) is 0 Å². The highest BCUT2D eigenvalue weighted by atomic mass is 79.9. The highest BCUT2D eigenvalue weighted by Gasteiger charge is 2.16. The van der Waals surface area contributed by atoms with E-state index in [9.17, 15) is 4.79 Å². The van der Waals surface area contributed by atoms with Gasteiger partial charge in [0.1, 0.15) is 18.1 Å². The van der Waals surface area contributed by atoms with Crippen LogP contribution in [0.15, 0.2) is 34.3 Å². The molecule has 1 saturated carbocycles. The molecule has 0 aromatic heterocycles. The molecule has 1 aliphatic carbocycles. The van der Waals surface area contributed by atoms with Gasteiger partial charge in [0.05, 0.1) is 12.1 Å². The smallest absolute Gasteiger partial charge is 0.216 e. The maximum Gasteiger partial charge on any atom is 0.216 e. The summed E-state index contributed by atoms with van der Waals surface area (Å²) in [6, 6.07) is 3.72. The highest BCUT2D eigenvalue weighted by molar-refractivity contribution is 9.11. The van der Waals surface area contributed by atoms with Gasteiger partial charge >= 0.3 is 0 Å². The van der Waals surface area contributed by atoms with E-state index in [2.05, 4.69) is 32.6 Å². The number of nitrogens with one attached hydrogen (secondary N) is 2. The number of methoxy groups -OCH3 is 1. The van der Waals surface area contributed by atoms with E-state index in [4.69, 9.17) is 21.1 Å². The summed E-state index contributed by atoms with van der Waals surface area (Å²) in [6.45, 7) is 5.78. The Hall–Kier alpha value is -1.50. The molecule has 2 rings (SSSR count). The van der Waals surface area contributed by atoms with E-state index in [0.717, 1.165) is 23.5 Å². The minimum Gasteiger partial charge on any atom is -0.496 e. The Bertz CT molecular complexity index is 805. The average molecular weight is 528 g/mol. The molecule has 0 bridgehead atoms. The minimum absolute atomic E-state index is 0.0364. The summed E-state index contributed by atoms with van der Waals surface area (Å²) < 4.78 is 12.9. The lowest BCUT2D eigenvalue weighted by atomic mass is 9.86. The SMILES string of the molecule is C/C=C\C(COc1cc(OC)c(CNCCNC(C)=O)cc1Cl)=C(\Br)CC1CCCCC1. The van der Waals surface area contributed by atoms with Gasteiger partial charge in [-0.15, -0.1) is 0 Å². The number of hydrogen-bond acceptors (Lipinski definition) is 4. The standard InChI is InChI=1S/C25H36BrClN2O3/c1-4-8-20(22(26)13-19-9-6-5-7-10-19)17-32-25-15-24(31-3)21(14-23(25)27)16-28-11-12-29-18(2)30/h4,8,14-15,19,28H,5-7,9-13,16-17H2,1-3H3,(H,29,30)/b8-4-,22-20-. The van der Waals surface area contributed by atoms with Crippen molar-refractivity contribution < 1.29 is 14.3 Å². The Kier molecular flexibility index (Phi) is 12.2. The van der Waals surface area contributed by atoms with Crippen LogP contribution < -0.4 is 20.1 Å². The predicted molar refractivity (Wildman–Crippen MR) is 136 cm³/mol. The molecule has 0 saturated heterocycles. The average Bonchev–Trinajstić information content (AvgIpc) is 2.77. The number of benzene rings is 1. The normalized spacial score (nSPS) is 15.5. The van der Waals surface area contributed by atoms with Crippen molar-refractivity contribution in [2.24, 2.45) is 5.92 Å². The van der Waals surface area contributed by atoms with Gasteiger partial charge in [0.15, 0.2) is 0 Å². The first-order chi connectivity index (χ1) is 15.4. The lowest BCUT2D eigenvalue weighted by Gasteiger charge is -2.22. The van der Waals surface area contributed by atoms with E-state index in [1.165, 1.54) is 43.5 Å². The molecule has 1 aromatic carbocycles. The molecule has 1 fully saturated rings. The molecule has 5 nitrogen and oxygen atoms in total. The highest BCUT2D eigenvalue weighted by Crippen LogP contribution is 2.35. The quantitative estimate of drug-likeness (QED) is 0.253. The Labute approximate surface area is 206 Å². The Morgan fingerprint density at radius 1 is 1.22 bits per heavy atom. The third-order valence-electron chi connectivity index (χ3n) is 5.62. The molecule has 0 heterocycles. The summed E-state index contributed by atoms with van der Waals surface area (Å²) in [4.78, 5) is 11.0. The van der Waals surface area contributed by atoms with Crippen molar-refractivity contribution in [3.8, 4) is 11.5 Å². The first-order valence-electron chi connectivity index (χ1n) is 11.4. The minimum atomic E-state index is -0.0364. The second-order valence-corrected chi connectivity index (χ2v) is 9.55. The van der Waals surface area contributed by atoms with Crippen molar-refractivity contribution in [1.82, 2.24) is 10.6 Å². The third kappa shape index (κ3) is 9.16. The van der Waals surface area contributed by atoms with Crippen molar-refractivity contribution in [2.75, 3.05) is 26.8 Å². The molecule has 1 aliphatic rings.